The second-order valence-electron chi connectivity index (χ2n) is 16.0. The zero-order valence-corrected chi connectivity index (χ0v) is 31.3. The lowest BCUT2D eigenvalue weighted by molar-refractivity contribution is -0.142. The second-order valence-corrected chi connectivity index (χ2v) is 18.2. The van der Waals surface area contributed by atoms with E-state index in [2.05, 4.69) is 20.7 Å². The van der Waals surface area contributed by atoms with Crippen LogP contribution >= 0.6 is 0 Å². The Hall–Kier alpha value is -4.21. The summed E-state index contributed by atoms with van der Waals surface area (Å²) in [7, 11) is -4.03. The fraction of sp³-hybridized carbons (Fsp3) is 0.639. The third kappa shape index (κ3) is 9.04. The number of rotatable bonds is 6. The van der Waals surface area contributed by atoms with Crippen LogP contribution in [0.25, 0.3) is 0 Å². The second kappa shape index (κ2) is 14.7. The molecule has 16 heteroatoms. The number of nitrogens with one attached hydrogen (secondary N) is 4. The number of sulfonamides is 1. The first-order chi connectivity index (χ1) is 24.2. The number of hydrogen-bond acceptors (Lipinski definition) is 9. The molecule has 0 spiro atoms. The van der Waals surface area contributed by atoms with E-state index in [0.29, 0.717) is 25.7 Å². The van der Waals surface area contributed by atoms with Gasteiger partial charge in [0.2, 0.25) is 21.8 Å². The maximum Gasteiger partial charge on any atom is 0.411 e. The maximum atomic E-state index is 14.5. The average Bonchev–Trinajstić information content (AvgIpc) is 3.91. The minimum Gasteiger partial charge on any atom is -0.444 e. The number of halogens is 1. The van der Waals surface area contributed by atoms with Crippen LogP contribution in [0.15, 0.2) is 36.4 Å². The predicted octanol–water partition coefficient (Wildman–Crippen LogP) is 4.12. The largest absolute Gasteiger partial charge is 0.444 e. The molecule has 3 fully saturated rings. The average molecular weight is 748 g/mol. The minimum absolute atomic E-state index is 0.109. The molecule has 0 aromatic heterocycles. The molecule has 4 N–H and O–H groups in total. The molecule has 1 aromatic rings. The molecule has 4 aliphatic rings. The topological polar surface area (TPSA) is 189 Å². The third-order valence-corrected chi connectivity index (χ3v) is 12.4. The normalized spacial score (nSPS) is 30.9. The van der Waals surface area contributed by atoms with Crippen molar-refractivity contribution in [3.05, 3.63) is 42.2 Å². The van der Waals surface area contributed by atoms with Gasteiger partial charge in [0.15, 0.2) is 0 Å². The first kappa shape index (κ1) is 39.0. The molecular weight excluding hydrogens is 697 g/mol. The highest BCUT2D eigenvalue weighted by Crippen LogP contribution is 2.47. The Kier molecular flexibility index (Phi) is 11.0. The summed E-state index contributed by atoms with van der Waals surface area (Å²) in [5.74, 6) is -3.52. The zero-order chi connectivity index (χ0) is 38.2. The van der Waals surface area contributed by atoms with Crippen molar-refractivity contribution in [2.75, 3.05) is 11.9 Å². The van der Waals surface area contributed by atoms with E-state index in [9.17, 15) is 36.8 Å². The van der Waals surface area contributed by atoms with Crippen molar-refractivity contribution in [3.63, 3.8) is 0 Å². The molecule has 52 heavy (non-hydrogen) atoms. The highest BCUT2D eigenvalue weighted by Gasteiger charge is 2.63. The fourth-order valence-electron chi connectivity index (χ4n) is 6.86. The summed E-state index contributed by atoms with van der Waals surface area (Å²) in [6.07, 6.45) is 3.71. The van der Waals surface area contributed by atoms with Gasteiger partial charge in [-0.05, 0) is 102 Å². The van der Waals surface area contributed by atoms with Gasteiger partial charge < -0.3 is 25.0 Å². The van der Waals surface area contributed by atoms with E-state index in [0.717, 1.165) is 18.6 Å². The van der Waals surface area contributed by atoms with E-state index < -0.39 is 91.7 Å². The summed E-state index contributed by atoms with van der Waals surface area (Å²) < 4.78 is 51.8. The summed E-state index contributed by atoms with van der Waals surface area (Å²) in [6, 6.07) is 2.62. The zero-order valence-electron chi connectivity index (χ0n) is 30.5. The number of alkyl carbamates (subject to hydrolysis) is 1. The summed E-state index contributed by atoms with van der Waals surface area (Å²) in [4.78, 5) is 69.7. The van der Waals surface area contributed by atoms with Gasteiger partial charge in [0, 0.05) is 18.0 Å². The standard InChI is InChI=1S/C36H50FN5O9S/c1-21-9-7-8-10-23-19-36(23,31(45)41-52(48,49)35(6)15-16-35)40-29(43)27-18-26(50-32(46)38-25-13-11-24(37)12-14-25)20-42(27)30(44)28(22(2)17-21)39-33(47)51-34(3,4)5/h8,10-14,21-23,26-28H,7,9,15-20H2,1-6H3,(H,38,46)(H,39,47)(H,40,43)(H,41,45)/b10-8-/t21-,22-,23?,26-,27+,28+,36-/m1/s1. The first-order valence-corrected chi connectivity index (χ1v) is 19.3. The summed E-state index contributed by atoms with van der Waals surface area (Å²) >= 11 is 0. The first-order valence-electron chi connectivity index (χ1n) is 17.8. The van der Waals surface area contributed by atoms with Gasteiger partial charge >= 0.3 is 12.2 Å². The number of ether oxygens (including phenoxy) is 2. The summed E-state index contributed by atoms with van der Waals surface area (Å²) in [5.41, 5.74) is -2.19. The highest BCUT2D eigenvalue weighted by atomic mass is 32.2. The number of benzene rings is 1. The molecule has 1 saturated heterocycles. The van der Waals surface area contributed by atoms with Crippen LogP contribution in [0.5, 0.6) is 0 Å². The van der Waals surface area contributed by atoms with E-state index in [4.69, 9.17) is 9.47 Å². The van der Waals surface area contributed by atoms with Gasteiger partial charge in [0.05, 0.1) is 11.3 Å². The van der Waals surface area contributed by atoms with Crippen molar-refractivity contribution >= 4 is 45.6 Å². The Labute approximate surface area is 304 Å². The Morgan fingerprint density at radius 2 is 1.71 bits per heavy atom. The fourth-order valence-corrected chi connectivity index (χ4v) is 8.18. The van der Waals surface area contributed by atoms with Gasteiger partial charge in [-0.25, -0.2) is 22.4 Å². The molecule has 0 radical (unpaired) electrons. The van der Waals surface area contributed by atoms with Crippen molar-refractivity contribution in [3.8, 4) is 0 Å². The molecule has 2 heterocycles. The molecule has 0 bridgehead atoms. The lowest BCUT2D eigenvalue weighted by atomic mass is 9.88. The predicted molar refractivity (Wildman–Crippen MR) is 189 cm³/mol. The number of anilines is 1. The molecule has 14 nitrogen and oxygen atoms in total. The van der Waals surface area contributed by atoms with Gasteiger partial charge in [0.25, 0.3) is 5.91 Å². The van der Waals surface area contributed by atoms with E-state index in [1.54, 1.807) is 27.7 Å². The van der Waals surface area contributed by atoms with Crippen molar-refractivity contribution in [2.24, 2.45) is 17.8 Å². The van der Waals surface area contributed by atoms with Gasteiger partial charge in [-0.15, -0.1) is 0 Å². The quantitative estimate of drug-likeness (QED) is 0.310. The molecule has 5 amide bonds. The van der Waals surface area contributed by atoms with Crippen molar-refractivity contribution in [1.82, 2.24) is 20.3 Å². The van der Waals surface area contributed by atoms with E-state index in [-0.39, 0.29) is 31.0 Å². The summed E-state index contributed by atoms with van der Waals surface area (Å²) in [5, 5.41) is 8.00. The highest BCUT2D eigenvalue weighted by molar-refractivity contribution is 7.91. The van der Waals surface area contributed by atoms with Crippen molar-refractivity contribution in [2.45, 2.75) is 121 Å². The van der Waals surface area contributed by atoms with E-state index in [1.807, 2.05) is 26.0 Å². The number of amides is 5. The van der Waals surface area contributed by atoms with E-state index in [1.165, 1.54) is 17.0 Å². The molecule has 2 saturated carbocycles. The SMILES string of the molecule is C[C@@H]1CC/C=C\C2C[C@@]2(C(=O)NS(=O)(=O)C2(C)CC2)NC(=O)[C@@H]2C[C@@H](OC(=O)Nc3ccc(F)cc3)CN2C(=O)[C@@H](NC(=O)OC(C)(C)C)[C@H](C)C1. The van der Waals surface area contributed by atoms with Crippen LogP contribution in [0.3, 0.4) is 0 Å². The molecule has 5 rings (SSSR count). The number of allylic oxidation sites excluding steroid dienone is 1. The Morgan fingerprint density at radius 1 is 1.04 bits per heavy atom. The Bertz CT molecular complexity index is 1710. The van der Waals surface area contributed by atoms with Crippen molar-refractivity contribution in [1.29, 1.82) is 0 Å². The molecule has 286 valence electrons. The van der Waals surface area contributed by atoms with Gasteiger partial charge in [-0.3, -0.25) is 24.4 Å². The van der Waals surface area contributed by atoms with Crippen LogP contribution in [0.1, 0.15) is 86.5 Å². The van der Waals surface area contributed by atoms with Crippen LogP contribution in [-0.2, 0) is 33.9 Å². The number of carbonyl (C=O) groups is 5. The van der Waals surface area contributed by atoms with Crippen LogP contribution < -0.4 is 20.7 Å². The van der Waals surface area contributed by atoms with Crippen molar-refractivity contribution < 1.29 is 46.3 Å². The van der Waals surface area contributed by atoms with Crippen LogP contribution in [-0.4, -0.2) is 83.8 Å². The molecule has 1 unspecified atom stereocenters. The molecule has 1 aromatic carbocycles. The van der Waals surface area contributed by atoms with Gasteiger partial charge in [-0.1, -0.05) is 26.0 Å². The molecule has 2 aliphatic heterocycles. The lowest BCUT2D eigenvalue weighted by Gasteiger charge is -2.33. The molecule has 7 atom stereocenters. The van der Waals surface area contributed by atoms with Crippen LogP contribution in [0.2, 0.25) is 0 Å². The summed E-state index contributed by atoms with van der Waals surface area (Å²) in [6.45, 7) is 10.3. The number of hydrogen-bond donors (Lipinski definition) is 4. The Balaban J connectivity index is 1.45. The van der Waals surface area contributed by atoms with Crippen LogP contribution in [0.4, 0.5) is 19.7 Å². The van der Waals surface area contributed by atoms with Gasteiger partial charge in [0.1, 0.15) is 35.1 Å². The molecular formula is C36H50FN5O9S. The monoisotopic (exact) mass is 747 g/mol. The van der Waals surface area contributed by atoms with Crippen LogP contribution in [0, 0.1) is 23.6 Å². The lowest BCUT2D eigenvalue weighted by Crippen LogP contribution is -2.59. The number of nitrogens with zero attached hydrogens (tertiary/aromatic N) is 1. The number of carbonyl (C=O) groups excluding carboxylic acids is 5. The smallest absolute Gasteiger partial charge is 0.411 e. The number of fused-ring (bicyclic) bond motifs is 2. The Morgan fingerprint density at radius 3 is 2.35 bits per heavy atom. The minimum atomic E-state index is -4.03. The van der Waals surface area contributed by atoms with Gasteiger partial charge in [-0.2, -0.15) is 0 Å². The third-order valence-electron chi connectivity index (χ3n) is 10.3. The molecule has 2 aliphatic carbocycles. The van der Waals surface area contributed by atoms with E-state index >= 15 is 0 Å². The maximum absolute atomic E-state index is 14.5.